The Bertz CT molecular complexity index is 886. The number of esters is 1. The first-order valence-corrected chi connectivity index (χ1v) is 8.80. The summed E-state index contributed by atoms with van der Waals surface area (Å²) >= 11 is 0. The van der Waals surface area contributed by atoms with E-state index in [1.807, 2.05) is 13.8 Å². The number of methoxy groups -OCH3 is 1. The van der Waals surface area contributed by atoms with Crippen molar-refractivity contribution in [3.8, 4) is 0 Å². The van der Waals surface area contributed by atoms with Crippen molar-refractivity contribution in [1.82, 2.24) is 14.7 Å². The number of hydrogen-bond donors (Lipinski definition) is 0. The van der Waals surface area contributed by atoms with Gasteiger partial charge in [0.15, 0.2) is 0 Å². The fourth-order valence-corrected chi connectivity index (χ4v) is 2.89. The van der Waals surface area contributed by atoms with E-state index in [2.05, 4.69) is 9.84 Å². The molecule has 0 saturated carbocycles. The molecule has 0 saturated heterocycles. The molecule has 0 fully saturated rings. The van der Waals surface area contributed by atoms with E-state index >= 15 is 0 Å². The molecule has 0 aliphatic rings. The Morgan fingerprint density at radius 1 is 1.25 bits per heavy atom. The van der Waals surface area contributed by atoms with Gasteiger partial charge in [-0.25, -0.2) is 0 Å². The third kappa shape index (κ3) is 4.54. The van der Waals surface area contributed by atoms with Crippen LogP contribution >= 0.6 is 0 Å². The second-order valence-electron chi connectivity index (χ2n) is 6.73. The number of hydrogen-bond acceptors (Lipinski definition) is 6. The summed E-state index contributed by atoms with van der Waals surface area (Å²) in [4.78, 5) is 36.4. The molecule has 9 heteroatoms. The summed E-state index contributed by atoms with van der Waals surface area (Å²) in [7, 11) is 1.28. The molecule has 1 amide bonds. The lowest BCUT2D eigenvalue weighted by Gasteiger charge is -2.25. The van der Waals surface area contributed by atoms with Crippen molar-refractivity contribution < 1.29 is 19.2 Å². The second kappa shape index (κ2) is 8.64. The average molecular weight is 388 g/mol. The number of nitro groups is 1. The normalized spacial score (nSPS) is 10.8. The molecule has 1 aromatic carbocycles. The van der Waals surface area contributed by atoms with Crippen molar-refractivity contribution in [2.45, 2.75) is 40.3 Å². The molecule has 2 aromatic rings. The Balaban J connectivity index is 2.19. The average Bonchev–Trinajstić information content (AvgIpc) is 2.92. The van der Waals surface area contributed by atoms with Crippen molar-refractivity contribution in [2.75, 3.05) is 13.7 Å². The zero-order valence-electron chi connectivity index (χ0n) is 16.6. The Morgan fingerprint density at radius 2 is 1.86 bits per heavy atom. The molecule has 1 heterocycles. The maximum Gasteiger partial charge on any atom is 0.325 e. The fourth-order valence-electron chi connectivity index (χ4n) is 2.89. The van der Waals surface area contributed by atoms with Gasteiger partial charge in [0.1, 0.15) is 17.9 Å². The highest BCUT2D eigenvalue weighted by Crippen LogP contribution is 2.22. The second-order valence-corrected chi connectivity index (χ2v) is 6.73. The molecule has 2 rings (SSSR count). The van der Waals surface area contributed by atoms with Gasteiger partial charge in [-0.2, -0.15) is 5.10 Å². The van der Waals surface area contributed by atoms with Gasteiger partial charge < -0.3 is 9.64 Å². The predicted octanol–water partition coefficient (Wildman–Crippen LogP) is 2.48. The highest BCUT2D eigenvalue weighted by molar-refractivity contribution is 5.96. The lowest BCUT2D eigenvalue weighted by atomic mass is 10.1. The zero-order valence-corrected chi connectivity index (χ0v) is 16.6. The van der Waals surface area contributed by atoms with Crippen molar-refractivity contribution in [3.63, 3.8) is 0 Å². The van der Waals surface area contributed by atoms with Crippen molar-refractivity contribution in [1.29, 1.82) is 0 Å². The SMILES string of the molecule is COC(=O)CN(C(=O)c1ccc(Cn2nc(C)c([N+](=O)[O-])c2C)cc1)C(C)C. The van der Waals surface area contributed by atoms with Crippen molar-refractivity contribution in [3.05, 3.63) is 56.9 Å². The number of ether oxygens (including phenoxy) is 1. The molecule has 0 radical (unpaired) electrons. The van der Waals surface area contributed by atoms with Crippen LogP contribution < -0.4 is 0 Å². The quantitative estimate of drug-likeness (QED) is 0.410. The van der Waals surface area contributed by atoms with Crippen LogP contribution in [0.1, 0.15) is 41.2 Å². The third-order valence-corrected chi connectivity index (χ3v) is 4.47. The zero-order chi connectivity index (χ0) is 21.0. The van der Waals surface area contributed by atoms with Crippen LogP contribution in [0.15, 0.2) is 24.3 Å². The molecule has 0 bridgehead atoms. The largest absolute Gasteiger partial charge is 0.468 e. The summed E-state index contributed by atoms with van der Waals surface area (Å²) in [5.74, 6) is -0.751. The fraction of sp³-hybridized carbons (Fsp3) is 0.421. The molecule has 0 aliphatic heterocycles. The number of rotatable bonds is 7. The maximum atomic E-state index is 12.7. The standard InChI is InChI=1S/C19H24N4O5/c1-12(2)21(11-17(24)28-5)19(25)16-8-6-15(7-9-16)10-22-14(4)18(23(26)27)13(3)20-22/h6-9,12H,10-11H2,1-5H3. The predicted molar refractivity (Wildman–Crippen MR) is 102 cm³/mol. The van der Waals surface area contributed by atoms with Crippen LogP contribution in [0.5, 0.6) is 0 Å². The number of benzene rings is 1. The molecular weight excluding hydrogens is 364 g/mol. The summed E-state index contributed by atoms with van der Waals surface area (Å²) < 4.78 is 6.22. The van der Waals surface area contributed by atoms with E-state index in [1.165, 1.54) is 12.0 Å². The smallest absolute Gasteiger partial charge is 0.325 e. The maximum absolute atomic E-state index is 12.7. The van der Waals surface area contributed by atoms with Crippen LogP contribution in [-0.2, 0) is 16.1 Å². The number of aromatic nitrogens is 2. The molecule has 9 nitrogen and oxygen atoms in total. The summed E-state index contributed by atoms with van der Waals surface area (Å²) in [6, 6.07) is 6.72. The number of amides is 1. The minimum absolute atomic E-state index is 0.0159. The summed E-state index contributed by atoms with van der Waals surface area (Å²) in [5.41, 5.74) is 2.15. The van der Waals surface area contributed by atoms with Crippen LogP contribution in [0.25, 0.3) is 0 Å². The number of aryl methyl sites for hydroxylation is 1. The molecule has 150 valence electrons. The van der Waals surface area contributed by atoms with Crippen molar-refractivity contribution in [2.24, 2.45) is 0 Å². The monoisotopic (exact) mass is 388 g/mol. The summed E-state index contributed by atoms with van der Waals surface area (Å²) in [6.45, 7) is 7.14. The Morgan fingerprint density at radius 3 is 2.32 bits per heavy atom. The van der Waals surface area contributed by atoms with E-state index in [4.69, 9.17) is 0 Å². The van der Waals surface area contributed by atoms with Gasteiger partial charge in [0.2, 0.25) is 0 Å². The molecule has 0 atom stereocenters. The van der Waals surface area contributed by atoms with E-state index in [9.17, 15) is 19.7 Å². The van der Waals surface area contributed by atoms with Gasteiger partial charge in [-0.05, 0) is 45.4 Å². The first-order valence-electron chi connectivity index (χ1n) is 8.80. The summed E-state index contributed by atoms with van der Waals surface area (Å²) in [6.07, 6.45) is 0. The number of nitrogens with zero attached hydrogens (tertiary/aromatic N) is 4. The van der Waals surface area contributed by atoms with Crippen LogP contribution in [0.4, 0.5) is 5.69 Å². The Labute approximate surface area is 163 Å². The molecule has 0 N–H and O–H groups in total. The van der Waals surface area contributed by atoms with Crippen LogP contribution in [0.3, 0.4) is 0 Å². The van der Waals surface area contributed by atoms with Gasteiger partial charge in [-0.15, -0.1) is 0 Å². The molecular formula is C19H24N4O5. The van der Waals surface area contributed by atoms with Gasteiger partial charge in [0.05, 0.1) is 18.6 Å². The minimum atomic E-state index is -0.482. The Hall–Kier alpha value is -3.23. The van der Waals surface area contributed by atoms with Crippen molar-refractivity contribution >= 4 is 17.6 Å². The minimum Gasteiger partial charge on any atom is -0.468 e. The van der Waals surface area contributed by atoms with Gasteiger partial charge in [0.25, 0.3) is 5.91 Å². The molecule has 1 aromatic heterocycles. The summed E-state index contributed by atoms with van der Waals surface area (Å²) in [5, 5.41) is 15.3. The van der Waals surface area contributed by atoms with Crippen LogP contribution in [-0.4, -0.2) is 51.2 Å². The highest BCUT2D eigenvalue weighted by Gasteiger charge is 2.23. The van der Waals surface area contributed by atoms with E-state index in [-0.39, 0.29) is 24.2 Å². The molecule has 28 heavy (non-hydrogen) atoms. The van der Waals surface area contributed by atoms with Gasteiger partial charge in [0, 0.05) is 11.6 Å². The molecule has 0 aliphatic carbocycles. The van der Waals surface area contributed by atoms with Crippen LogP contribution in [0.2, 0.25) is 0 Å². The lowest BCUT2D eigenvalue weighted by molar-refractivity contribution is -0.386. The first-order chi connectivity index (χ1) is 13.1. The van der Waals surface area contributed by atoms with Gasteiger partial charge in [-0.1, -0.05) is 12.1 Å². The third-order valence-electron chi connectivity index (χ3n) is 4.47. The van der Waals surface area contributed by atoms with E-state index in [1.54, 1.807) is 42.8 Å². The van der Waals surface area contributed by atoms with Crippen LogP contribution in [0, 0.1) is 24.0 Å². The lowest BCUT2D eigenvalue weighted by Crippen LogP contribution is -2.41. The van der Waals surface area contributed by atoms with E-state index in [0.29, 0.717) is 23.5 Å². The number of carbonyl (C=O) groups excluding carboxylic acids is 2. The van der Waals surface area contributed by atoms with E-state index < -0.39 is 10.9 Å². The highest BCUT2D eigenvalue weighted by atomic mass is 16.6. The molecule has 0 unspecified atom stereocenters. The number of carbonyl (C=O) groups is 2. The van der Waals surface area contributed by atoms with Gasteiger partial charge >= 0.3 is 11.7 Å². The Kier molecular flexibility index (Phi) is 6.50. The van der Waals surface area contributed by atoms with Gasteiger partial charge in [-0.3, -0.25) is 24.4 Å². The first kappa shape index (κ1) is 21.1. The molecule has 0 spiro atoms. The topological polar surface area (TPSA) is 108 Å². The van der Waals surface area contributed by atoms with E-state index in [0.717, 1.165) is 5.56 Å².